The predicted octanol–water partition coefficient (Wildman–Crippen LogP) is 4.25. The van der Waals surface area contributed by atoms with Gasteiger partial charge in [0.2, 0.25) is 0 Å². The van der Waals surface area contributed by atoms with Gasteiger partial charge in [-0.3, -0.25) is 4.79 Å². The number of carbonyl (C=O) groups excluding carboxylic acids is 1. The van der Waals surface area contributed by atoms with Crippen LogP contribution in [-0.4, -0.2) is 33.9 Å². The van der Waals surface area contributed by atoms with Gasteiger partial charge in [0.15, 0.2) is 0 Å². The molecule has 1 aliphatic rings. The number of pyridine rings is 1. The molecule has 1 amide bonds. The summed E-state index contributed by atoms with van der Waals surface area (Å²) in [4.78, 5) is 20.9. The summed E-state index contributed by atoms with van der Waals surface area (Å²) in [5.41, 5.74) is 3.15. The molecule has 1 fully saturated rings. The number of nitrogens with one attached hydrogen (secondary N) is 2. The molecule has 0 aliphatic carbocycles. The molecule has 24 heavy (non-hydrogen) atoms. The second-order valence-corrected chi connectivity index (χ2v) is 6.68. The quantitative estimate of drug-likeness (QED) is 0.687. The van der Waals surface area contributed by atoms with E-state index in [9.17, 15) is 4.79 Å². The van der Waals surface area contributed by atoms with Gasteiger partial charge in [0, 0.05) is 36.4 Å². The Bertz CT molecular complexity index is 935. The van der Waals surface area contributed by atoms with E-state index in [0.29, 0.717) is 16.1 Å². The number of fused-ring (bicyclic) bond motifs is 1. The number of hydrogen-bond acceptors (Lipinski definition) is 2. The molecular formula is C19H19N3OS. The van der Waals surface area contributed by atoms with Gasteiger partial charge in [0.05, 0.1) is 5.56 Å². The first-order valence-electron chi connectivity index (χ1n) is 8.27. The summed E-state index contributed by atoms with van der Waals surface area (Å²) in [6.45, 7) is 1.54. The number of amides is 1. The van der Waals surface area contributed by atoms with E-state index in [1.165, 1.54) is 16.5 Å². The van der Waals surface area contributed by atoms with Crippen LogP contribution in [0, 0.1) is 4.64 Å². The van der Waals surface area contributed by atoms with Crippen LogP contribution in [-0.2, 0) is 0 Å². The highest BCUT2D eigenvalue weighted by Crippen LogP contribution is 2.33. The molecule has 1 saturated heterocycles. The average molecular weight is 337 g/mol. The first kappa shape index (κ1) is 15.1. The zero-order valence-electron chi connectivity index (χ0n) is 13.3. The van der Waals surface area contributed by atoms with Crippen molar-refractivity contribution in [3.05, 3.63) is 64.6 Å². The lowest BCUT2D eigenvalue weighted by atomic mass is 9.89. The lowest BCUT2D eigenvalue weighted by molar-refractivity contribution is 0.0712. The lowest BCUT2D eigenvalue weighted by Gasteiger charge is -2.32. The van der Waals surface area contributed by atoms with Crippen LogP contribution in [0.25, 0.3) is 10.9 Å². The van der Waals surface area contributed by atoms with Crippen LogP contribution in [0.15, 0.2) is 48.8 Å². The van der Waals surface area contributed by atoms with Crippen molar-refractivity contribution < 1.29 is 4.79 Å². The molecular weight excluding hydrogens is 318 g/mol. The topological polar surface area (TPSA) is 51.9 Å². The maximum Gasteiger partial charge on any atom is 0.256 e. The molecule has 4 nitrogen and oxygen atoms in total. The van der Waals surface area contributed by atoms with Crippen molar-refractivity contribution >= 4 is 29.0 Å². The number of H-pyrrole nitrogens is 2. The van der Waals surface area contributed by atoms with E-state index in [4.69, 9.17) is 12.2 Å². The molecule has 4 rings (SSSR count). The summed E-state index contributed by atoms with van der Waals surface area (Å²) >= 11 is 5.23. The van der Waals surface area contributed by atoms with Crippen molar-refractivity contribution in [2.45, 2.75) is 18.8 Å². The molecule has 0 saturated carbocycles. The molecule has 1 aliphatic heterocycles. The standard InChI is InChI=1S/C19H19N3OS/c23-19(15-5-3-9-20-18(15)24)22-10-7-13(8-11-22)16-12-21-17-6-2-1-4-14(16)17/h1-6,9,12-13,21H,7-8,10-11H2,(H,20,24). The first-order valence-corrected chi connectivity index (χ1v) is 8.68. The molecule has 3 heterocycles. The molecule has 0 spiro atoms. The number of para-hydroxylation sites is 1. The molecule has 2 N–H and O–H groups in total. The number of piperidine rings is 1. The van der Waals surface area contributed by atoms with Crippen molar-refractivity contribution in [3.63, 3.8) is 0 Å². The average Bonchev–Trinajstić information content (AvgIpc) is 3.06. The van der Waals surface area contributed by atoms with Gasteiger partial charge >= 0.3 is 0 Å². The van der Waals surface area contributed by atoms with E-state index in [1.54, 1.807) is 12.3 Å². The van der Waals surface area contributed by atoms with Gasteiger partial charge in [-0.1, -0.05) is 30.4 Å². The monoisotopic (exact) mass is 337 g/mol. The highest BCUT2D eigenvalue weighted by atomic mass is 32.1. The second kappa shape index (κ2) is 6.24. The number of hydrogen-bond donors (Lipinski definition) is 2. The molecule has 0 atom stereocenters. The smallest absolute Gasteiger partial charge is 0.256 e. The number of nitrogens with zero attached hydrogens (tertiary/aromatic N) is 1. The summed E-state index contributed by atoms with van der Waals surface area (Å²) < 4.78 is 0.515. The Morgan fingerprint density at radius 2 is 1.88 bits per heavy atom. The maximum absolute atomic E-state index is 12.7. The minimum Gasteiger partial charge on any atom is -0.361 e. The summed E-state index contributed by atoms with van der Waals surface area (Å²) in [5, 5.41) is 1.30. The summed E-state index contributed by atoms with van der Waals surface area (Å²) in [5.74, 6) is 0.532. The van der Waals surface area contributed by atoms with Crippen molar-refractivity contribution in [1.29, 1.82) is 0 Å². The van der Waals surface area contributed by atoms with Crippen LogP contribution in [0.4, 0.5) is 0 Å². The summed E-state index contributed by atoms with van der Waals surface area (Å²) in [6.07, 6.45) is 5.84. The molecule has 0 unspecified atom stereocenters. The van der Waals surface area contributed by atoms with E-state index in [0.717, 1.165) is 25.9 Å². The number of carbonyl (C=O) groups is 1. The van der Waals surface area contributed by atoms with Crippen molar-refractivity contribution in [2.24, 2.45) is 0 Å². The third kappa shape index (κ3) is 2.65. The fourth-order valence-corrected chi connectivity index (χ4v) is 3.81. The van der Waals surface area contributed by atoms with E-state index in [-0.39, 0.29) is 5.91 Å². The predicted molar refractivity (Wildman–Crippen MR) is 97.8 cm³/mol. The highest BCUT2D eigenvalue weighted by Gasteiger charge is 2.26. The molecule has 122 valence electrons. The van der Waals surface area contributed by atoms with Crippen LogP contribution < -0.4 is 0 Å². The Kier molecular flexibility index (Phi) is 3.94. The number of aromatic nitrogens is 2. The van der Waals surface area contributed by atoms with E-state index >= 15 is 0 Å². The van der Waals surface area contributed by atoms with Gasteiger partial charge in [-0.2, -0.15) is 0 Å². The van der Waals surface area contributed by atoms with Gasteiger partial charge in [-0.25, -0.2) is 0 Å². The minimum absolute atomic E-state index is 0.0363. The normalized spacial score (nSPS) is 15.8. The van der Waals surface area contributed by atoms with Gasteiger partial charge in [-0.05, 0) is 42.5 Å². The molecule has 0 bridgehead atoms. The largest absolute Gasteiger partial charge is 0.361 e. The minimum atomic E-state index is 0.0363. The molecule has 0 radical (unpaired) electrons. The van der Waals surface area contributed by atoms with E-state index in [2.05, 4.69) is 34.4 Å². The van der Waals surface area contributed by atoms with Crippen LogP contribution in [0.1, 0.15) is 34.7 Å². The zero-order chi connectivity index (χ0) is 16.5. The van der Waals surface area contributed by atoms with Crippen molar-refractivity contribution in [3.8, 4) is 0 Å². The zero-order valence-corrected chi connectivity index (χ0v) is 14.1. The first-order chi connectivity index (χ1) is 11.7. The Hall–Kier alpha value is -2.40. The van der Waals surface area contributed by atoms with Gasteiger partial charge in [-0.15, -0.1) is 0 Å². The third-order valence-corrected chi connectivity index (χ3v) is 5.23. The molecule has 5 heteroatoms. The van der Waals surface area contributed by atoms with E-state index in [1.807, 2.05) is 17.0 Å². The Morgan fingerprint density at radius 1 is 1.08 bits per heavy atom. The van der Waals surface area contributed by atoms with Crippen LogP contribution >= 0.6 is 12.2 Å². The fraction of sp³-hybridized carbons (Fsp3) is 0.263. The van der Waals surface area contributed by atoms with Crippen LogP contribution in [0.3, 0.4) is 0 Å². The van der Waals surface area contributed by atoms with Crippen LogP contribution in [0.2, 0.25) is 0 Å². The van der Waals surface area contributed by atoms with Crippen molar-refractivity contribution in [2.75, 3.05) is 13.1 Å². The number of rotatable bonds is 2. The SMILES string of the molecule is O=C(c1ccc[nH]c1=S)N1CCC(c2c[nH]c3ccccc23)CC1. The summed E-state index contributed by atoms with van der Waals surface area (Å²) in [6, 6.07) is 12.0. The number of benzene rings is 1. The van der Waals surface area contributed by atoms with Gasteiger partial charge in [0.25, 0.3) is 5.91 Å². The highest BCUT2D eigenvalue weighted by molar-refractivity contribution is 7.71. The second-order valence-electron chi connectivity index (χ2n) is 6.27. The lowest BCUT2D eigenvalue weighted by Crippen LogP contribution is -2.38. The Morgan fingerprint density at radius 3 is 2.67 bits per heavy atom. The molecule has 1 aromatic carbocycles. The van der Waals surface area contributed by atoms with Gasteiger partial charge < -0.3 is 14.9 Å². The van der Waals surface area contributed by atoms with E-state index < -0.39 is 0 Å². The third-order valence-electron chi connectivity index (χ3n) is 4.89. The number of likely N-dealkylation sites (tertiary alicyclic amines) is 1. The fourth-order valence-electron chi connectivity index (χ4n) is 3.59. The van der Waals surface area contributed by atoms with Gasteiger partial charge in [0.1, 0.15) is 4.64 Å². The number of aromatic amines is 2. The van der Waals surface area contributed by atoms with Crippen molar-refractivity contribution in [1.82, 2.24) is 14.9 Å². The Labute approximate surface area is 145 Å². The molecule has 2 aromatic heterocycles. The van der Waals surface area contributed by atoms with Crippen LogP contribution in [0.5, 0.6) is 0 Å². The Balaban J connectivity index is 1.50. The molecule has 3 aromatic rings. The maximum atomic E-state index is 12.7. The summed E-state index contributed by atoms with van der Waals surface area (Å²) in [7, 11) is 0.